The van der Waals surface area contributed by atoms with Crippen molar-refractivity contribution in [3.8, 4) is 22.6 Å². The summed E-state index contributed by atoms with van der Waals surface area (Å²) in [5.41, 5.74) is 3.56. The van der Waals surface area contributed by atoms with Gasteiger partial charge in [0, 0.05) is 28.4 Å². The van der Waals surface area contributed by atoms with E-state index in [1.54, 1.807) is 20.4 Å². The van der Waals surface area contributed by atoms with Crippen molar-refractivity contribution in [1.82, 2.24) is 14.8 Å². The van der Waals surface area contributed by atoms with Gasteiger partial charge in [-0.1, -0.05) is 30.3 Å². The molecule has 0 radical (unpaired) electrons. The first kappa shape index (κ1) is 20.2. The first-order chi connectivity index (χ1) is 15.7. The Balaban J connectivity index is 1.49. The van der Waals surface area contributed by atoms with Crippen LogP contribution in [0.2, 0.25) is 0 Å². The van der Waals surface area contributed by atoms with E-state index in [4.69, 9.17) is 14.5 Å². The molecule has 0 spiro atoms. The number of fused-ring (bicyclic) bond motifs is 2. The van der Waals surface area contributed by atoms with Gasteiger partial charge in [0.25, 0.3) is 5.56 Å². The highest BCUT2D eigenvalue weighted by molar-refractivity contribution is 7.17. The summed E-state index contributed by atoms with van der Waals surface area (Å²) in [7, 11) is 3.21. The highest BCUT2D eigenvalue weighted by Crippen LogP contribution is 2.36. The molecule has 0 amide bonds. The van der Waals surface area contributed by atoms with E-state index >= 15 is 0 Å². The van der Waals surface area contributed by atoms with Gasteiger partial charge >= 0.3 is 0 Å². The first-order valence-corrected chi connectivity index (χ1v) is 11.1. The van der Waals surface area contributed by atoms with Crippen molar-refractivity contribution in [2.45, 2.75) is 13.0 Å². The summed E-state index contributed by atoms with van der Waals surface area (Å²) < 4.78 is 13.2. The summed E-state index contributed by atoms with van der Waals surface area (Å²) in [6.07, 6.45) is 2.39. The molecule has 5 aromatic rings. The number of hydrogen-bond acceptors (Lipinski definition) is 6. The number of hydrogen-bond donors (Lipinski definition) is 0. The van der Waals surface area contributed by atoms with E-state index in [1.165, 1.54) is 16.0 Å². The van der Waals surface area contributed by atoms with Gasteiger partial charge < -0.3 is 9.47 Å². The van der Waals surface area contributed by atoms with E-state index in [1.807, 2.05) is 53.9 Å². The Morgan fingerprint density at radius 3 is 2.69 bits per heavy atom. The Bertz CT molecular complexity index is 1490. The molecule has 0 atom stereocenters. The maximum atomic E-state index is 13.3. The summed E-state index contributed by atoms with van der Waals surface area (Å²) >= 11 is 1.51. The van der Waals surface area contributed by atoms with Gasteiger partial charge in [-0.15, -0.1) is 11.3 Å². The Morgan fingerprint density at radius 2 is 1.84 bits per heavy atom. The molecule has 0 N–H and O–H groups in total. The Kier molecular flexibility index (Phi) is 5.33. The fourth-order valence-corrected chi connectivity index (χ4v) is 4.76. The predicted octanol–water partition coefficient (Wildman–Crippen LogP) is 4.93. The van der Waals surface area contributed by atoms with Gasteiger partial charge in [-0.2, -0.15) is 5.10 Å². The molecule has 0 fully saturated rings. The highest BCUT2D eigenvalue weighted by atomic mass is 32.1. The molecule has 0 unspecified atom stereocenters. The summed E-state index contributed by atoms with van der Waals surface area (Å²) in [4.78, 5) is 18.0. The smallest absolute Gasteiger partial charge is 0.276 e. The zero-order valence-electron chi connectivity index (χ0n) is 17.7. The summed E-state index contributed by atoms with van der Waals surface area (Å²) in [5, 5.41) is 8.16. The van der Waals surface area contributed by atoms with Gasteiger partial charge in [-0.25, -0.2) is 4.68 Å². The number of methoxy groups -OCH3 is 2. The predicted molar refractivity (Wildman–Crippen MR) is 128 cm³/mol. The maximum absolute atomic E-state index is 13.3. The monoisotopic (exact) mass is 443 g/mol. The van der Waals surface area contributed by atoms with Crippen molar-refractivity contribution >= 4 is 32.3 Å². The van der Waals surface area contributed by atoms with Crippen LogP contribution in [0.1, 0.15) is 5.69 Å². The van der Waals surface area contributed by atoms with Crippen LogP contribution in [0, 0.1) is 0 Å². The van der Waals surface area contributed by atoms with Crippen LogP contribution in [0.4, 0.5) is 0 Å². The molecular weight excluding hydrogens is 422 g/mol. The number of aromatic nitrogens is 3. The molecule has 2 aromatic carbocycles. The molecule has 3 aromatic heterocycles. The van der Waals surface area contributed by atoms with E-state index in [-0.39, 0.29) is 5.56 Å². The lowest BCUT2D eigenvalue weighted by Crippen LogP contribution is -2.23. The number of aryl methyl sites for hydroxylation is 2. The van der Waals surface area contributed by atoms with Crippen molar-refractivity contribution in [2.75, 3.05) is 14.2 Å². The second-order valence-electron chi connectivity index (χ2n) is 7.38. The molecule has 5 rings (SSSR count). The van der Waals surface area contributed by atoms with Gasteiger partial charge in [0.2, 0.25) is 0 Å². The lowest BCUT2D eigenvalue weighted by molar-refractivity contribution is 0.355. The van der Waals surface area contributed by atoms with E-state index in [9.17, 15) is 4.79 Å². The van der Waals surface area contributed by atoms with Crippen LogP contribution in [0.5, 0.6) is 11.5 Å². The lowest BCUT2D eigenvalue weighted by Gasteiger charge is -2.10. The summed E-state index contributed by atoms with van der Waals surface area (Å²) in [5.74, 6) is 1.28. The third-order valence-corrected chi connectivity index (χ3v) is 6.43. The standard InChI is InChI=1S/C25H21N3O3S/c1-30-21-10-8-17(13-22(21)31-2)19-15-32-23-14-26-28(25(29)24(19)23)12-11-18-9-7-16-5-3-4-6-20(16)27-18/h3-10,13-15H,11-12H2,1-2H3. The van der Waals surface area contributed by atoms with E-state index < -0.39 is 0 Å². The third kappa shape index (κ3) is 3.61. The van der Waals surface area contributed by atoms with Crippen LogP contribution in [0.15, 0.2) is 71.0 Å². The zero-order valence-corrected chi connectivity index (χ0v) is 18.6. The molecule has 7 heteroatoms. The quantitative estimate of drug-likeness (QED) is 0.372. The fraction of sp³-hybridized carbons (Fsp3) is 0.160. The number of rotatable bonds is 6. The number of ether oxygens (including phenoxy) is 2. The number of thiophene rings is 1. The van der Waals surface area contributed by atoms with E-state index in [0.29, 0.717) is 29.9 Å². The largest absolute Gasteiger partial charge is 0.493 e. The number of nitrogens with zero attached hydrogens (tertiary/aromatic N) is 3. The molecule has 0 saturated heterocycles. The maximum Gasteiger partial charge on any atom is 0.276 e. The summed E-state index contributed by atoms with van der Waals surface area (Å²) in [6.45, 7) is 0.460. The molecule has 0 aliphatic heterocycles. The van der Waals surface area contributed by atoms with Crippen LogP contribution in [0.3, 0.4) is 0 Å². The van der Waals surface area contributed by atoms with Gasteiger partial charge in [0.1, 0.15) is 0 Å². The average molecular weight is 444 g/mol. The number of para-hydroxylation sites is 1. The fourth-order valence-electron chi connectivity index (χ4n) is 3.84. The normalized spacial score (nSPS) is 11.2. The number of pyridine rings is 1. The van der Waals surface area contributed by atoms with Crippen molar-refractivity contribution in [2.24, 2.45) is 0 Å². The second kappa shape index (κ2) is 8.43. The molecule has 0 bridgehead atoms. The van der Waals surface area contributed by atoms with Crippen molar-refractivity contribution in [1.29, 1.82) is 0 Å². The van der Waals surface area contributed by atoms with Crippen LogP contribution < -0.4 is 15.0 Å². The summed E-state index contributed by atoms with van der Waals surface area (Å²) in [6, 6.07) is 17.8. The zero-order chi connectivity index (χ0) is 22.1. The van der Waals surface area contributed by atoms with Gasteiger partial charge in [-0.05, 0) is 29.8 Å². The van der Waals surface area contributed by atoms with E-state index in [0.717, 1.165) is 32.4 Å². The molecule has 3 heterocycles. The van der Waals surface area contributed by atoms with Crippen molar-refractivity contribution in [3.63, 3.8) is 0 Å². The number of benzene rings is 2. The first-order valence-electron chi connectivity index (χ1n) is 10.2. The second-order valence-corrected chi connectivity index (χ2v) is 8.29. The van der Waals surface area contributed by atoms with Crippen LogP contribution >= 0.6 is 11.3 Å². The van der Waals surface area contributed by atoms with Gasteiger partial charge in [0.05, 0.1) is 42.6 Å². The van der Waals surface area contributed by atoms with Crippen LogP contribution in [-0.4, -0.2) is 29.0 Å². The molecule has 160 valence electrons. The highest BCUT2D eigenvalue weighted by Gasteiger charge is 2.15. The molecule has 32 heavy (non-hydrogen) atoms. The molecule has 0 saturated carbocycles. The Labute approximate surface area is 188 Å². The van der Waals surface area contributed by atoms with Crippen LogP contribution in [0.25, 0.3) is 32.1 Å². The third-order valence-electron chi connectivity index (χ3n) is 5.51. The minimum Gasteiger partial charge on any atom is -0.493 e. The van der Waals surface area contributed by atoms with Gasteiger partial charge in [0.15, 0.2) is 11.5 Å². The minimum atomic E-state index is -0.102. The molecule has 0 aliphatic rings. The molecule has 6 nitrogen and oxygen atoms in total. The topological polar surface area (TPSA) is 66.2 Å². The Morgan fingerprint density at radius 1 is 1.00 bits per heavy atom. The minimum absolute atomic E-state index is 0.102. The Hall–Kier alpha value is -3.71. The van der Waals surface area contributed by atoms with Crippen molar-refractivity contribution < 1.29 is 9.47 Å². The van der Waals surface area contributed by atoms with Crippen LogP contribution in [-0.2, 0) is 13.0 Å². The van der Waals surface area contributed by atoms with E-state index in [2.05, 4.69) is 11.2 Å². The molecular formula is C25H21N3O3S. The van der Waals surface area contributed by atoms with Crippen molar-refractivity contribution in [3.05, 3.63) is 82.2 Å². The van der Waals surface area contributed by atoms with Gasteiger partial charge in [-0.3, -0.25) is 9.78 Å². The SMILES string of the molecule is COc1ccc(-c2csc3cnn(CCc4ccc5ccccc5n4)c(=O)c23)cc1OC. The molecule has 0 aliphatic carbocycles. The lowest BCUT2D eigenvalue weighted by atomic mass is 10.1. The average Bonchev–Trinajstić information content (AvgIpc) is 3.28.